The number of hydrogen-bond acceptors (Lipinski definition) is 3. The molecule has 100 valence electrons. The number of rotatable bonds is 4. The Morgan fingerprint density at radius 2 is 2.22 bits per heavy atom. The Labute approximate surface area is 113 Å². The van der Waals surface area contributed by atoms with Crippen LogP contribution in [0.2, 0.25) is 0 Å². The summed E-state index contributed by atoms with van der Waals surface area (Å²) < 4.78 is 2.19. The molecule has 1 amide bonds. The lowest BCUT2D eigenvalue weighted by Gasteiger charge is -2.23. The van der Waals surface area contributed by atoms with Crippen molar-refractivity contribution in [3.8, 4) is 0 Å². The maximum absolute atomic E-state index is 12.0. The number of amides is 1. The molecule has 1 fully saturated rings. The molecule has 1 saturated carbocycles. The van der Waals surface area contributed by atoms with Crippen LogP contribution in [0.1, 0.15) is 46.6 Å². The van der Waals surface area contributed by atoms with Gasteiger partial charge in [0, 0.05) is 24.0 Å². The second kappa shape index (κ2) is 4.96. The number of aromatic nitrogens is 2. The van der Waals surface area contributed by atoms with Crippen molar-refractivity contribution in [1.29, 1.82) is 0 Å². The van der Waals surface area contributed by atoms with Gasteiger partial charge in [0.2, 0.25) is 5.91 Å². The Hall–Kier alpha value is -0.970. The van der Waals surface area contributed by atoms with Crippen LogP contribution in [0.4, 0.5) is 0 Å². The van der Waals surface area contributed by atoms with E-state index in [1.807, 2.05) is 40.1 Å². The highest BCUT2D eigenvalue weighted by Gasteiger charge is 2.27. The quantitative estimate of drug-likeness (QED) is 0.853. The molecular formula is C13H21N3OS. The van der Waals surface area contributed by atoms with E-state index in [2.05, 4.69) is 14.9 Å². The molecule has 1 heterocycles. The van der Waals surface area contributed by atoms with Crippen LogP contribution in [0, 0.1) is 0 Å². The van der Waals surface area contributed by atoms with Crippen molar-refractivity contribution in [3.63, 3.8) is 0 Å². The van der Waals surface area contributed by atoms with E-state index in [4.69, 9.17) is 0 Å². The first-order chi connectivity index (χ1) is 8.37. The van der Waals surface area contributed by atoms with E-state index in [-0.39, 0.29) is 16.7 Å². The molecule has 4 nitrogen and oxygen atoms in total. The van der Waals surface area contributed by atoms with E-state index < -0.39 is 0 Å². The molecule has 0 radical (unpaired) electrons. The summed E-state index contributed by atoms with van der Waals surface area (Å²) in [4.78, 5) is 16.4. The molecule has 1 atom stereocenters. The fourth-order valence-corrected chi connectivity index (χ4v) is 2.64. The smallest absolute Gasteiger partial charge is 0.233 e. The first kappa shape index (κ1) is 13.5. The molecular weight excluding hydrogens is 246 g/mol. The van der Waals surface area contributed by atoms with Crippen LogP contribution in [0.3, 0.4) is 0 Å². The average Bonchev–Trinajstić information content (AvgIpc) is 2.97. The van der Waals surface area contributed by atoms with E-state index in [1.54, 1.807) is 0 Å². The van der Waals surface area contributed by atoms with Gasteiger partial charge in [-0.1, -0.05) is 11.8 Å². The topological polar surface area (TPSA) is 46.9 Å². The summed E-state index contributed by atoms with van der Waals surface area (Å²) in [6.07, 6.45) is 6.28. The molecule has 0 aromatic carbocycles. The first-order valence-electron chi connectivity index (χ1n) is 6.38. The summed E-state index contributed by atoms with van der Waals surface area (Å²) in [7, 11) is 0. The largest absolute Gasteiger partial charge is 0.351 e. The highest BCUT2D eigenvalue weighted by molar-refractivity contribution is 8.00. The zero-order valence-electron chi connectivity index (χ0n) is 11.4. The predicted octanol–water partition coefficient (Wildman–Crippen LogP) is 2.61. The third kappa shape index (κ3) is 3.51. The third-order valence-electron chi connectivity index (χ3n) is 2.72. The highest BCUT2D eigenvalue weighted by Crippen LogP contribution is 2.38. The SMILES string of the molecule is CC(Sc1nccn1C1CC1)C(=O)NC(C)(C)C. The monoisotopic (exact) mass is 267 g/mol. The number of carbonyl (C=O) groups is 1. The van der Waals surface area contributed by atoms with E-state index in [1.165, 1.54) is 24.6 Å². The summed E-state index contributed by atoms with van der Waals surface area (Å²) in [5.41, 5.74) is -0.183. The second-order valence-electron chi connectivity index (χ2n) is 5.85. The van der Waals surface area contributed by atoms with Gasteiger partial charge in [0.15, 0.2) is 5.16 Å². The van der Waals surface area contributed by atoms with Crippen molar-refractivity contribution >= 4 is 17.7 Å². The van der Waals surface area contributed by atoms with Gasteiger partial charge in [-0.2, -0.15) is 0 Å². The number of nitrogens with zero attached hydrogens (tertiary/aromatic N) is 2. The highest BCUT2D eigenvalue weighted by atomic mass is 32.2. The van der Waals surface area contributed by atoms with Crippen molar-refractivity contribution in [2.45, 2.75) is 62.5 Å². The van der Waals surface area contributed by atoms with Gasteiger partial charge in [-0.25, -0.2) is 4.98 Å². The summed E-state index contributed by atoms with van der Waals surface area (Å²) in [5.74, 6) is 0.0675. The lowest BCUT2D eigenvalue weighted by molar-refractivity contribution is -0.121. The molecule has 1 aromatic heterocycles. The fourth-order valence-electron chi connectivity index (χ4n) is 1.70. The van der Waals surface area contributed by atoms with Crippen molar-refractivity contribution in [2.75, 3.05) is 0 Å². The summed E-state index contributed by atoms with van der Waals surface area (Å²) in [6, 6.07) is 0.605. The van der Waals surface area contributed by atoms with Gasteiger partial charge in [0.1, 0.15) is 0 Å². The average molecular weight is 267 g/mol. The van der Waals surface area contributed by atoms with E-state index in [0.29, 0.717) is 6.04 Å². The first-order valence-corrected chi connectivity index (χ1v) is 7.26. The minimum atomic E-state index is -0.183. The van der Waals surface area contributed by atoms with E-state index in [0.717, 1.165) is 5.16 Å². The molecule has 2 rings (SSSR count). The molecule has 1 unspecified atom stereocenters. The summed E-state index contributed by atoms with van der Waals surface area (Å²) in [5, 5.41) is 3.83. The van der Waals surface area contributed by atoms with Gasteiger partial charge in [-0.05, 0) is 40.5 Å². The predicted molar refractivity (Wildman–Crippen MR) is 73.7 cm³/mol. The number of hydrogen-bond donors (Lipinski definition) is 1. The van der Waals surface area contributed by atoms with Crippen molar-refractivity contribution in [1.82, 2.24) is 14.9 Å². The Kier molecular flexibility index (Phi) is 3.71. The van der Waals surface area contributed by atoms with Crippen LogP contribution in [0.5, 0.6) is 0 Å². The van der Waals surface area contributed by atoms with Gasteiger partial charge in [0.05, 0.1) is 5.25 Å². The molecule has 1 aromatic rings. The van der Waals surface area contributed by atoms with Crippen LogP contribution >= 0.6 is 11.8 Å². The molecule has 1 aliphatic carbocycles. The van der Waals surface area contributed by atoms with Crippen molar-refractivity contribution in [2.24, 2.45) is 0 Å². The molecule has 18 heavy (non-hydrogen) atoms. The Bertz CT molecular complexity index is 432. The van der Waals surface area contributed by atoms with Crippen molar-refractivity contribution < 1.29 is 4.79 Å². The van der Waals surface area contributed by atoms with Gasteiger partial charge in [0.25, 0.3) is 0 Å². The number of thioether (sulfide) groups is 1. The third-order valence-corrected chi connectivity index (χ3v) is 3.82. The molecule has 0 aliphatic heterocycles. The van der Waals surface area contributed by atoms with Gasteiger partial charge in [-0.3, -0.25) is 4.79 Å². The normalized spacial score (nSPS) is 17.6. The molecule has 1 N–H and O–H groups in total. The van der Waals surface area contributed by atoms with E-state index >= 15 is 0 Å². The molecule has 0 bridgehead atoms. The maximum Gasteiger partial charge on any atom is 0.233 e. The molecule has 1 aliphatic rings. The standard InChI is InChI=1S/C13H21N3OS/c1-9(11(17)15-13(2,3)4)18-12-14-7-8-16(12)10-5-6-10/h7-10H,5-6H2,1-4H3,(H,15,17). The lowest BCUT2D eigenvalue weighted by atomic mass is 10.1. The summed E-state index contributed by atoms with van der Waals surface area (Å²) in [6.45, 7) is 7.91. The Balaban J connectivity index is 1.96. The zero-order valence-corrected chi connectivity index (χ0v) is 12.3. The van der Waals surface area contributed by atoms with E-state index in [9.17, 15) is 4.79 Å². The zero-order chi connectivity index (χ0) is 13.3. The van der Waals surface area contributed by atoms with Crippen LogP contribution < -0.4 is 5.32 Å². The Morgan fingerprint density at radius 1 is 1.56 bits per heavy atom. The second-order valence-corrected chi connectivity index (χ2v) is 7.16. The van der Waals surface area contributed by atoms with Crippen LogP contribution in [-0.4, -0.2) is 26.2 Å². The van der Waals surface area contributed by atoms with Gasteiger partial charge >= 0.3 is 0 Å². The minimum absolute atomic E-state index is 0.0675. The molecule has 5 heteroatoms. The maximum atomic E-state index is 12.0. The van der Waals surface area contributed by atoms with Gasteiger partial charge < -0.3 is 9.88 Å². The molecule has 0 saturated heterocycles. The van der Waals surface area contributed by atoms with Crippen LogP contribution in [0.15, 0.2) is 17.6 Å². The van der Waals surface area contributed by atoms with Gasteiger partial charge in [-0.15, -0.1) is 0 Å². The van der Waals surface area contributed by atoms with Crippen LogP contribution in [-0.2, 0) is 4.79 Å². The number of nitrogens with one attached hydrogen (secondary N) is 1. The number of carbonyl (C=O) groups excluding carboxylic acids is 1. The minimum Gasteiger partial charge on any atom is -0.351 e. The van der Waals surface area contributed by atoms with Crippen molar-refractivity contribution in [3.05, 3.63) is 12.4 Å². The summed E-state index contributed by atoms with van der Waals surface area (Å²) >= 11 is 1.53. The van der Waals surface area contributed by atoms with Crippen LogP contribution in [0.25, 0.3) is 0 Å². The number of imidazole rings is 1. The fraction of sp³-hybridized carbons (Fsp3) is 0.692. The molecule has 0 spiro atoms. The lowest BCUT2D eigenvalue weighted by Crippen LogP contribution is -2.44. The Morgan fingerprint density at radius 3 is 2.78 bits per heavy atom.